The van der Waals surface area contributed by atoms with Gasteiger partial charge in [0.25, 0.3) is 0 Å². The molecule has 0 saturated heterocycles. The molecule has 0 bridgehead atoms. The van der Waals surface area contributed by atoms with Crippen LogP contribution >= 0.6 is 0 Å². The third-order valence-corrected chi connectivity index (χ3v) is 2.64. The Kier molecular flexibility index (Phi) is 2.49. The molecule has 78 valence electrons. The van der Waals surface area contributed by atoms with E-state index in [-0.39, 0.29) is 5.92 Å². The zero-order valence-corrected chi connectivity index (χ0v) is 8.94. The Morgan fingerprint density at radius 3 is 2.87 bits per heavy atom. The van der Waals surface area contributed by atoms with Gasteiger partial charge in [0, 0.05) is 30.3 Å². The van der Waals surface area contributed by atoms with Crippen LogP contribution in [0.4, 0.5) is 0 Å². The van der Waals surface area contributed by atoms with Crippen molar-refractivity contribution < 1.29 is 0 Å². The van der Waals surface area contributed by atoms with E-state index in [1.807, 2.05) is 19.2 Å². The molecule has 0 saturated carbocycles. The lowest BCUT2D eigenvalue weighted by atomic mass is 9.96. The monoisotopic (exact) mass is 202 g/mol. The third kappa shape index (κ3) is 1.88. The van der Waals surface area contributed by atoms with Crippen molar-refractivity contribution in [3.63, 3.8) is 0 Å². The first kappa shape index (κ1) is 9.83. The highest BCUT2D eigenvalue weighted by Crippen LogP contribution is 2.17. The second-order valence-electron chi connectivity index (χ2n) is 3.87. The van der Waals surface area contributed by atoms with Crippen LogP contribution in [0.1, 0.15) is 24.5 Å². The van der Waals surface area contributed by atoms with Crippen molar-refractivity contribution in [2.75, 3.05) is 0 Å². The Morgan fingerprint density at radius 1 is 1.40 bits per heavy atom. The highest BCUT2D eigenvalue weighted by molar-refractivity contribution is 6.05. The van der Waals surface area contributed by atoms with Gasteiger partial charge in [0.15, 0.2) is 0 Å². The molecular formula is C11H14N4. The summed E-state index contributed by atoms with van der Waals surface area (Å²) in [5, 5.41) is 8.10. The van der Waals surface area contributed by atoms with Crippen molar-refractivity contribution in [1.29, 1.82) is 0 Å². The summed E-state index contributed by atoms with van der Waals surface area (Å²) < 4.78 is 0. The quantitative estimate of drug-likeness (QED) is 0.749. The first-order chi connectivity index (χ1) is 7.18. The van der Waals surface area contributed by atoms with Gasteiger partial charge < -0.3 is 5.73 Å². The number of nitrogens with two attached hydrogens (primary N) is 1. The third-order valence-electron chi connectivity index (χ3n) is 2.64. The number of amidine groups is 1. The molecule has 1 aromatic heterocycles. The molecule has 0 spiro atoms. The molecule has 0 fully saturated rings. The van der Waals surface area contributed by atoms with Gasteiger partial charge in [0.05, 0.1) is 5.71 Å². The summed E-state index contributed by atoms with van der Waals surface area (Å²) in [5.74, 6) is 0.873. The topological polar surface area (TPSA) is 63.6 Å². The maximum Gasteiger partial charge on any atom is 0.125 e. The number of rotatable bonds is 1. The van der Waals surface area contributed by atoms with Crippen LogP contribution in [0.15, 0.2) is 28.7 Å². The average molecular weight is 202 g/mol. The molecule has 2 heterocycles. The van der Waals surface area contributed by atoms with E-state index in [2.05, 4.69) is 22.1 Å². The molecule has 0 radical (unpaired) electrons. The van der Waals surface area contributed by atoms with Crippen LogP contribution in [-0.2, 0) is 0 Å². The molecule has 0 aromatic carbocycles. The minimum Gasteiger partial charge on any atom is -0.385 e. The largest absolute Gasteiger partial charge is 0.385 e. The average Bonchev–Trinajstić information content (AvgIpc) is 2.23. The summed E-state index contributed by atoms with van der Waals surface area (Å²) >= 11 is 0. The second-order valence-corrected chi connectivity index (χ2v) is 3.87. The number of nitrogens with zero attached hydrogens (tertiary/aromatic N) is 3. The minimum absolute atomic E-state index is 0.261. The predicted octanol–water partition coefficient (Wildman–Crippen LogP) is 1.49. The van der Waals surface area contributed by atoms with Gasteiger partial charge in [-0.05, 0) is 18.6 Å². The Labute approximate surface area is 88.9 Å². The first-order valence-corrected chi connectivity index (χ1v) is 4.99. The van der Waals surface area contributed by atoms with E-state index in [1.165, 1.54) is 5.56 Å². The Bertz CT molecular complexity index is 434. The van der Waals surface area contributed by atoms with Gasteiger partial charge >= 0.3 is 0 Å². The standard InChI is InChI=1S/C11H14N4/c1-7-3-4-13-6-9(7)10-5-8(2)11(12)15-14-10/h3-4,6,8H,5H2,1-2H3,(H2,12,15). The van der Waals surface area contributed by atoms with Crippen LogP contribution < -0.4 is 5.73 Å². The van der Waals surface area contributed by atoms with Crippen LogP contribution in [0, 0.1) is 12.8 Å². The zero-order valence-electron chi connectivity index (χ0n) is 8.94. The number of hydrogen-bond acceptors (Lipinski definition) is 4. The van der Waals surface area contributed by atoms with Crippen molar-refractivity contribution >= 4 is 11.5 Å². The molecule has 1 aromatic rings. The summed E-state index contributed by atoms with van der Waals surface area (Å²) in [6, 6.07) is 1.98. The van der Waals surface area contributed by atoms with Crippen molar-refractivity contribution in [2.45, 2.75) is 20.3 Å². The molecule has 2 rings (SSSR count). The molecule has 0 aliphatic carbocycles. The van der Waals surface area contributed by atoms with E-state index in [0.29, 0.717) is 5.84 Å². The van der Waals surface area contributed by atoms with Crippen molar-refractivity contribution in [3.8, 4) is 0 Å². The fourth-order valence-corrected chi connectivity index (χ4v) is 1.58. The van der Waals surface area contributed by atoms with Crippen LogP contribution in [0.2, 0.25) is 0 Å². The second kappa shape index (κ2) is 3.81. The maximum absolute atomic E-state index is 5.68. The SMILES string of the molecule is Cc1ccncc1C1=NN=C(N)C(C)C1. The minimum atomic E-state index is 0.261. The van der Waals surface area contributed by atoms with Gasteiger partial charge in [-0.3, -0.25) is 4.98 Å². The van der Waals surface area contributed by atoms with Gasteiger partial charge in [-0.25, -0.2) is 0 Å². The number of aryl methyl sites for hydroxylation is 1. The molecule has 1 unspecified atom stereocenters. The van der Waals surface area contributed by atoms with Crippen molar-refractivity contribution in [3.05, 3.63) is 29.6 Å². The highest BCUT2D eigenvalue weighted by atomic mass is 15.2. The predicted molar refractivity (Wildman–Crippen MR) is 60.9 cm³/mol. The van der Waals surface area contributed by atoms with Crippen LogP contribution in [-0.4, -0.2) is 16.5 Å². The Balaban J connectivity index is 2.38. The summed E-state index contributed by atoms with van der Waals surface area (Å²) in [6.07, 6.45) is 4.45. The maximum atomic E-state index is 5.68. The van der Waals surface area contributed by atoms with E-state index in [1.54, 1.807) is 6.20 Å². The summed E-state index contributed by atoms with van der Waals surface area (Å²) in [7, 11) is 0. The van der Waals surface area contributed by atoms with Gasteiger partial charge in [0.1, 0.15) is 5.84 Å². The highest BCUT2D eigenvalue weighted by Gasteiger charge is 2.18. The summed E-state index contributed by atoms with van der Waals surface area (Å²) in [6.45, 7) is 4.10. The van der Waals surface area contributed by atoms with Crippen LogP contribution in [0.5, 0.6) is 0 Å². The fraction of sp³-hybridized carbons (Fsp3) is 0.364. The Morgan fingerprint density at radius 2 is 2.20 bits per heavy atom. The molecule has 4 nitrogen and oxygen atoms in total. The van der Waals surface area contributed by atoms with Gasteiger partial charge in [-0.1, -0.05) is 6.92 Å². The van der Waals surface area contributed by atoms with Crippen LogP contribution in [0.3, 0.4) is 0 Å². The number of hydrogen-bond donors (Lipinski definition) is 1. The molecule has 2 N–H and O–H groups in total. The first-order valence-electron chi connectivity index (χ1n) is 4.99. The van der Waals surface area contributed by atoms with Gasteiger partial charge in [-0.15, -0.1) is 5.10 Å². The molecule has 0 amide bonds. The van der Waals surface area contributed by atoms with E-state index >= 15 is 0 Å². The summed E-state index contributed by atoms with van der Waals surface area (Å²) in [4.78, 5) is 4.10. The summed E-state index contributed by atoms with van der Waals surface area (Å²) in [5.41, 5.74) is 8.90. The van der Waals surface area contributed by atoms with E-state index in [9.17, 15) is 0 Å². The van der Waals surface area contributed by atoms with Crippen LogP contribution in [0.25, 0.3) is 0 Å². The van der Waals surface area contributed by atoms with Crippen molar-refractivity contribution in [1.82, 2.24) is 4.98 Å². The molecule has 1 aliphatic rings. The fourth-order valence-electron chi connectivity index (χ4n) is 1.58. The molecule has 15 heavy (non-hydrogen) atoms. The van der Waals surface area contributed by atoms with E-state index < -0.39 is 0 Å². The Hall–Kier alpha value is -1.71. The molecule has 4 heteroatoms. The normalized spacial score (nSPS) is 20.8. The van der Waals surface area contributed by atoms with Gasteiger partial charge in [-0.2, -0.15) is 5.10 Å². The molecule has 1 atom stereocenters. The number of aromatic nitrogens is 1. The zero-order chi connectivity index (χ0) is 10.8. The van der Waals surface area contributed by atoms with Gasteiger partial charge in [0.2, 0.25) is 0 Å². The van der Waals surface area contributed by atoms with E-state index in [0.717, 1.165) is 17.7 Å². The number of pyridine rings is 1. The lowest BCUT2D eigenvalue weighted by Crippen LogP contribution is -2.27. The molecule has 1 aliphatic heterocycles. The van der Waals surface area contributed by atoms with Crippen molar-refractivity contribution in [2.24, 2.45) is 21.9 Å². The smallest absolute Gasteiger partial charge is 0.125 e. The lowest BCUT2D eigenvalue weighted by Gasteiger charge is -2.16. The van der Waals surface area contributed by atoms with E-state index in [4.69, 9.17) is 5.73 Å². The lowest BCUT2D eigenvalue weighted by molar-refractivity contribution is 0.778. The molecular weight excluding hydrogens is 188 g/mol.